The van der Waals surface area contributed by atoms with Crippen LogP contribution in [0.5, 0.6) is 0 Å². The molecule has 1 heterocycles. The molecule has 1 unspecified atom stereocenters. The SMILES string of the molecule is CNC(C)c1sc(COCC(F)(F)F)nc1C. The molecule has 0 aliphatic rings. The molecule has 7 heteroatoms. The van der Waals surface area contributed by atoms with Gasteiger partial charge < -0.3 is 10.1 Å². The van der Waals surface area contributed by atoms with Crippen LogP contribution in [0.1, 0.15) is 28.5 Å². The Morgan fingerprint density at radius 2 is 2.12 bits per heavy atom. The highest BCUT2D eigenvalue weighted by Gasteiger charge is 2.27. The van der Waals surface area contributed by atoms with Crippen molar-refractivity contribution >= 4 is 11.3 Å². The highest BCUT2D eigenvalue weighted by Crippen LogP contribution is 2.25. The van der Waals surface area contributed by atoms with Crippen molar-refractivity contribution in [3.63, 3.8) is 0 Å². The lowest BCUT2D eigenvalue weighted by Crippen LogP contribution is -2.16. The fourth-order valence-electron chi connectivity index (χ4n) is 1.31. The van der Waals surface area contributed by atoms with Gasteiger partial charge in [0.1, 0.15) is 11.6 Å². The highest BCUT2D eigenvalue weighted by atomic mass is 32.1. The van der Waals surface area contributed by atoms with E-state index < -0.39 is 12.8 Å². The number of aromatic nitrogens is 1. The zero-order chi connectivity index (χ0) is 13.1. The van der Waals surface area contributed by atoms with Crippen LogP contribution in [0.3, 0.4) is 0 Å². The van der Waals surface area contributed by atoms with Crippen molar-refractivity contribution in [2.45, 2.75) is 32.7 Å². The summed E-state index contributed by atoms with van der Waals surface area (Å²) in [5.74, 6) is 0. The van der Waals surface area contributed by atoms with E-state index in [2.05, 4.69) is 15.0 Å². The Balaban J connectivity index is 2.56. The normalized spacial score (nSPS) is 14.0. The molecular formula is C10H15F3N2OS. The predicted octanol–water partition coefficient (Wildman–Crippen LogP) is 2.81. The first-order valence-electron chi connectivity index (χ1n) is 5.11. The molecule has 3 nitrogen and oxygen atoms in total. The van der Waals surface area contributed by atoms with Crippen LogP contribution in [0.25, 0.3) is 0 Å². The Hall–Kier alpha value is -0.660. The standard InChI is InChI=1S/C10H15F3N2OS/c1-6(14-3)9-7(2)15-8(17-9)4-16-5-10(11,12)13/h6,14H,4-5H2,1-3H3. The predicted molar refractivity (Wildman–Crippen MR) is 60.0 cm³/mol. The van der Waals surface area contributed by atoms with Gasteiger partial charge in [-0.1, -0.05) is 0 Å². The molecule has 1 aromatic rings. The minimum atomic E-state index is -4.28. The molecule has 0 aliphatic carbocycles. The van der Waals surface area contributed by atoms with E-state index in [1.165, 1.54) is 11.3 Å². The molecule has 0 aliphatic heterocycles. The number of nitrogens with zero attached hydrogens (tertiary/aromatic N) is 1. The summed E-state index contributed by atoms with van der Waals surface area (Å²) in [5, 5.41) is 3.64. The molecule has 17 heavy (non-hydrogen) atoms. The zero-order valence-electron chi connectivity index (χ0n) is 9.89. The van der Waals surface area contributed by atoms with Crippen molar-refractivity contribution < 1.29 is 17.9 Å². The Kier molecular flexibility index (Phi) is 4.91. The maximum Gasteiger partial charge on any atom is 0.411 e. The molecule has 0 bridgehead atoms. The molecule has 0 spiro atoms. The number of thiazole rings is 1. The van der Waals surface area contributed by atoms with Gasteiger partial charge in [0.15, 0.2) is 0 Å². The summed E-state index contributed by atoms with van der Waals surface area (Å²) in [5.41, 5.74) is 0.836. The van der Waals surface area contributed by atoms with Crippen LogP contribution in [0.15, 0.2) is 0 Å². The van der Waals surface area contributed by atoms with Gasteiger partial charge in [-0.2, -0.15) is 13.2 Å². The second-order valence-corrected chi connectivity index (χ2v) is 4.79. The van der Waals surface area contributed by atoms with Gasteiger partial charge in [-0.25, -0.2) is 4.98 Å². The Bertz CT molecular complexity index is 365. The fraction of sp³-hybridized carbons (Fsp3) is 0.700. The number of rotatable bonds is 5. The minimum absolute atomic E-state index is 0.0958. The number of ether oxygens (including phenoxy) is 1. The maximum atomic E-state index is 11.9. The average molecular weight is 268 g/mol. The third-order valence-electron chi connectivity index (χ3n) is 2.19. The van der Waals surface area contributed by atoms with E-state index in [9.17, 15) is 13.2 Å². The summed E-state index contributed by atoms with van der Waals surface area (Å²) >= 11 is 1.38. The fourth-order valence-corrected chi connectivity index (χ4v) is 2.38. The second-order valence-electron chi connectivity index (χ2n) is 3.68. The topological polar surface area (TPSA) is 34.1 Å². The molecule has 0 saturated heterocycles. The summed E-state index contributed by atoms with van der Waals surface area (Å²) in [4.78, 5) is 5.21. The molecule has 0 fully saturated rings. The molecule has 1 N–H and O–H groups in total. The van der Waals surface area contributed by atoms with Crippen molar-refractivity contribution in [2.24, 2.45) is 0 Å². The lowest BCUT2D eigenvalue weighted by atomic mass is 10.2. The quantitative estimate of drug-likeness (QED) is 0.891. The first-order chi connectivity index (χ1) is 7.83. The van der Waals surface area contributed by atoms with Crippen LogP contribution in [-0.4, -0.2) is 24.8 Å². The van der Waals surface area contributed by atoms with Gasteiger partial charge in [-0.15, -0.1) is 11.3 Å². The molecular weight excluding hydrogens is 253 g/mol. The number of hydrogen-bond acceptors (Lipinski definition) is 4. The summed E-state index contributed by atoms with van der Waals surface area (Å²) in [7, 11) is 1.82. The van der Waals surface area contributed by atoms with E-state index >= 15 is 0 Å². The van der Waals surface area contributed by atoms with E-state index in [1.807, 2.05) is 20.9 Å². The van der Waals surface area contributed by atoms with Crippen molar-refractivity contribution in [1.82, 2.24) is 10.3 Å². The van der Waals surface area contributed by atoms with Crippen LogP contribution < -0.4 is 5.32 Å². The highest BCUT2D eigenvalue weighted by molar-refractivity contribution is 7.11. The number of hydrogen-bond donors (Lipinski definition) is 1. The molecule has 1 aromatic heterocycles. The van der Waals surface area contributed by atoms with E-state index in [-0.39, 0.29) is 12.6 Å². The van der Waals surface area contributed by atoms with Crippen molar-refractivity contribution in [2.75, 3.05) is 13.7 Å². The van der Waals surface area contributed by atoms with Crippen LogP contribution in [0.4, 0.5) is 13.2 Å². The third kappa shape index (κ3) is 4.61. The van der Waals surface area contributed by atoms with Gasteiger partial charge >= 0.3 is 6.18 Å². The van der Waals surface area contributed by atoms with E-state index in [0.717, 1.165) is 10.6 Å². The molecule has 0 amide bonds. The summed E-state index contributed by atoms with van der Waals surface area (Å²) in [6.07, 6.45) is -4.28. The second kappa shape index (κ2) is 5.79. The van der Waals surface area contributed by atoms with Crippen LogP contribution in [0.2, 0.25) is 0 Å². The first-order valence-corrected chi connectivity index (χ1v) is 5.93. The zero-order valence-corrected chi connectivity index (χ0v) is 10.7. The summed E-state index contributed by atoms with van der Waals surface area (Å²) in [6, 6.07) is 0.142. The minimum Gasteiger partial charge on any atom is -0.365 e. The van der Waals surface area contributed by atoms with Gasteiger partial charge in [0.25, 0.3) is 0 Å². The maximum absolute atomic E-state index is 11.9. The molecule has 1 rings (SSSR count). The molecule has 0 aromatic carbocycles. The Labute approximate surface area is 102 Å². The number of aryl methyl sites for hydroxylation is 1. The third-order valence-corrected chi connectivity index (χ3v) is 3.51. The van der Waals surface area contributed by atoms with Crippen LogP contribution >= 0.6 is 11.3 Å². The Morgan fingerprint density at radius 3 is 2.65 bits per heavy atom. The molecule has 1 atom stereocenters. The molecule has 98 valence electrons. The largest absolute Gasteiger partial charge is 0.411 e. The lowest BCUT2D eigenvalue weighted by molar-refractivity contribution is -0.176. The van der Waals surface area contributed by atoms with Crippen molar-refractivity contribution in [3.05, 3.63) is 15.6 Å². The average Bonchev–Trinajstić information content (AvgIpc) is 2.57. The summed E-state index contributed by atoms with van der Waals surface area (Å²) < 4.78 is 40.2. The monoisotopic (exact) mass is 268 g/mol. The van der Waals surface area contributed by atoms with Gasteiger partial charge in [-0.05, 0) is 20.9 Å². The smallest absolute Gasteiger partial charge is 0.365 e. The number of nitrogens with one attached hydrogen (secondary N) is 1. The first kappa shape index (κ1) is 14.4. The van der Waals surface area contributed by atoms with Crippen LogP contribution in [0, 0.1) is 6.92 Å². The van der Waals surface area contributed by atoms with Crippen molar-refractivity contribution in [1.29, 1.82) is 0 Å². The van der Waals surface area contributed by atoms with E-state index in [1.54, 1.807) is 0 Å². The van der Waals surface area contributed by atoms with E-state index in [0.29, 0.717) is 5.01 Å². The Morgan fingerprint density at radius 1 is 1.47 bits per heavy atom. The van der Waals surface area contributed by atoms with Crippen LogP contribution in [-0.2, 0) is 11.3 Å². The van der Waals surface area contributed by atoms with Gasteiger partial charge in [0.05, 0.1) is 12.3 Å². The van der Waals surface area contributed by atoms with Gasteiger partial charge in [0, 0.05) is 10.9 Å². The van der Waals surface area contributed by atoms with E-state index in [4.69, 9.17) is 0 Å². The van der Waals surface area contributed by atoms with Gasteiger partial charge in [0.2, 0.25) is 0 Å². The number of halogens is 3. The number of alkyl halides is 3. The van der Waals surface area contributed by atoms with Gasteiger partial charge in [-0.3, -0.25) is 0 Å². The van der Waals surface area contributed by atoms with Crippen molar-refractivity contribution in [3.8, 4) is 0 Å². The summed E-state index contributed by atoms with van der Waals surface area (Å²) in [6.45, 7) is 2.48. The molecule has 0 saturated carbocycles. The molecule has 0 radical (unpaired) electrons. The lowest BCUT2D eigenvalue weighted by Gasteiger charge is -2.07.